The molecule has 1 aliphatic heterocycles. The molecular formula is C8H15NO3. The molecule has 0 aromatic carbocycles. The Morgan fingerprint density at radius 3 is 3.00 bits per heavy atom. The minimum absolute atomic E-state index is 0.0182. The number of nitrogens with one attached hydrogen (secondary N) is 1. The van der Waals surface area contributed by atoms with Crippen LogP contribution in [0.1, 0.15) is 6.92 Å². The molecule has 0 aromatic rings. The van der Waals surface area contributed by atoms with E-state index in [0.29, 0.717) is 13.2 Å². The van der Waals surface area contributed by atoms with E-state index in [-0.39, 0.29) is 18.0 Å². The summed E-state index contributed by atoms with van der Waals surface area (Å²) < 4.78 is 10.2. The molecule has 1 aliphatic rings. The first-order valence-corrected chi connectivity index (χ1v) is 4.14. The third kappa shape index (κ3) is 2.27. The lowest BCUT2D eigenvalue weighted by atomic mass is 10.1. The SMILES string of the molecule is COC(C)C(=O)C1CNCCO1. The van der Waals surface area contributed by atoms with Gasteiger partial charge in [-0.1, -0.05) is 0 Å². The minimum atomic E-state index is -0.366. The largest absolute Gasteiger partial charge is 0.374 e. The lowest BCUT2D eigenvalue weighted by Crippen LogP contribution is -2.46. The van der Waals surface area contributed by atoms with Crippen molar-refractivity contribution < 1.29 is 14.3 Å². The van der Waals surface area contributed by atoms with Gasteiger partial charge in [0.1, 0.15) is 12.2 Å². The highest BCUT2D eigenvalue weighted by atomic mass is 16.5. The van der Waals surface area contributed by atoms with E-state index in [1.165, 1.54) is 7.11 Å². The number of ether oxygens (including phenoxy) is 2. The van der Waals surface area contributed by atoms with Gasteiger partial charge >= 0.3 is 0 Å². The Labute approximate surface area is 72.2 Å². The highest BCUT2D eigenvalue weighted by molar-refractivity contribution is 5.87. The Morgan fingerprint density at radius 2 is 2.50 bits per heavy atom. The summed E-state index contributed by atoms with van der Waals surface area (Å²) in [5.41, 5.74) is 0. The Balaban J connectivity index is 2.39. The summed E-state index contributed by atoms with van der Waals surface area (Å²) in [4.78, 5) is 11.4. The van der Waals surface area contributed by atoms with Gasteiger partial charge in [0.25, 0.3) is 0 Å². The third-order valence-corrected chi connectivity index (χ3v) is 2.00. The molecule has 1 saturated heterocycles. The van der Waals surface area contributed by atoms with Crippen LogP contribution >= 0.6 is 0 Å². The van der Waals surface area contributed by atoms with Crippen LogP contribution in [0.5, 0.6) is 0 Å². The molecule has 0 amide bonds. The van der Waals surface area contributed by atoms with Gasteiger partial charge in [-0.2, -0.15) is 0 Å². The van der Waals surface area contributed by atoms with Crippen LogP contribution in [0.15, 0.2) is 0 Å². The molecule has 1 rings (SSSR count). The predicted octanol–water partition coefficient (Wildman–Crippen LogP) is -0.421. The van der Waals surface area contributed by atoms with E-state index in [1.807, 2.05) is 0 Å². The summed E-state index contributed by atoms with van der Waals surface area (Å²) in [5.74, 6) is 0.0182. The maximum Gasteiger partial charge on any atom is 0.191 e. The lowest BCUT2D eigenvalue weighted by Gasteiger charge is -2.24. The number of hydrogen-bond acceptors (Lipinski definition) is 4. The molecule has 1 heterocycles. The second-order valence-electron chi connectivity index (χ2n) is 2.84. The predicted molar refractivity (Wildman–Crippen MR) is 44.1 cm³/mol. The van der Waals surface area contributed by atoms with Crippen molar-refractivity contribution in [3.05, 3.63) is 0 Å². The Hall–Kier alpha value is -0.450. The van der Waals surface area contributed by atoms with Crippen molar-refractivity contribution in [1.82, 2.24) is 5.32 Å². The molecule has 0 bridgehead atoms. The standard InChI is InChI=1S/C8H15NO3/c1-6(11-2)8(10)7-5-9-3-4-12-7/h6-7,9H,3-5H2,1-2H3. The molecule has 1 N–H and O–H groups in total. The number of ketones is 1. The smallest absolute Gasteiger partial charge is 0.191 e. The monoisotopic (exact) mass is 173 g/mol. The van der Waals surface area contributed by atoms with Gasteiger partial charge in [-0.15, -0.1) is 0 Å². The van der Waals surface area contributed by atoms with E-state index in [0.717, 1.165) is 6.54 Å². The van der Waals surface area contributed by atoms with Crippen LogP contribution in [-0.4, -0.2) is 44.8 Å². The summed E-state index contributed by atoms with van der Waals surface area (Å²) in [7, 11) is 1.53. The molecule has 4 nitrogen and oxygen atoms in total. The third-order valence-electron chi connectivity index (χ3n) is 2.00. The van der Waals surface area contributed by atoms with Crippen molar-refractivity contribution in [2.75, 3.05) is 26.8 Å². The van der Waals surface area contributed by atoms with Crippen molar-refractivity contribution >= 4 is 5.78 Å². The number of hydrogen-bond donors (Lipinski definition) is 1. The molecule has 0 saturated carbocycles. The highest BCUT2D eigenvalue weighted by Gasteiger charge is 2.25. The number of rotatable bonds is 3. The molecular weight excluding hydrogens is 158 g/mol. The number of methoxy groups -OCH3 is 1. The number of morpholine rings is 1. The van der Waals surface area contributed by atoms with Gasteiger partial charge in [0.2, 0.25) is 0 Å². The quantitative estimate of drug-likeness (QED) is 0.629. The Morgan fingerprint density at radius 1 is 1.75 bits per heavy atom. The van der Waals surface area contributed by atoms with E-state index < -0.39 is 0 Å². The van der Waals surface area contributed by atoms with Gasteiger partial charge in [0.15, 0.2) is 5.78 Å². The minimum Gasteiger partial charge on any atom is -0.374 e. The van der Waals surface area contributed by atoms with E-state index in [2.05, 4.69) is 5.32 Å². The van der Waals surface area contributed by atoms with Crippen molar-refractivity contribution in [2.45, 2.75) is 19.1 Å². The van der Waals surface area contributed by atoms with Crippen LogP contribution in [0.2, 0.25) is 0 Å². The molecule has 4 heteroatoms. The average Bonchev–Trinajstić information content (AvgIpc) is 2.17. The zero-order valence-corrected chi connectivity index (χ0v) is 7.50. The number of Topliss-reactive ketones (excluding diaryl/α,β-unsaturated/α-hetero) is 1. The molecule has 0 aromatic heterocycles. The zero-order valence-electron chi connectivity index (χ0n) is 7.50. The summed E-state index contributed by atoms with van der Waals surface area (Å²) in [6.07, 6.45) is -0.691. The maximum absolute atomic E-state index is 11.4. The molecule has 0 radical (unpaired) electrons. The molecule has 1 fully saturated rings. The van der Waals surface area contributed by atoms with E-state index in [4.69, 9.17) is 9.47 Å². The number of carbonyl (C=O) groups is 1. The fourth-order valence-corrected chi connectivity index (χ4v) is 1.13. The first-order valence-electron chi connectivity index (χ1n) is 4.14. The topological polar surface area (TPSA) is 47.6 Å². The van der Waals surface area contributed by atoms with Gasteiger partial charge in [-0.25, -0.2) is 0 Å². The average molecular weight is 173 g/mol. The molecule has 70 valence electrons. The number of carbonyl (C=O) groups excluding carboxylic acids is 1. The lowest BCUT2D eigenvalue weighted by molar-refractivity contribution is -0.141. The molecule has 2 atom stereocenters. The van der Waals surface area contributed by atoms with Crippen molar-refractivity contribution in [2.24, 2.45) is 0 Å². The normalized spacial score (nSPS) is 26.7. The summed E-state index contributed by atoms with van der Waals surface area (Å²) in [6.45, 7) is 3.77. The molecule has 2 unspecified atom stereocenters. The molecule has 12 heavy (non-hydrogen) atoms. The van der Waals surface area contributed by atoms with E-state index >= 15 is 0 Å². The van der Waals surface area contributed by atoms with E-state index in [1.54, 1.807) is 6.92 Å². The summed E-state index contributed by atoms with van der Waals surface area (Å²) >= 11 is 0. The highest BCUT2D eigenvalue weighted by Crippen LogP contribution is 2.02. The van der Waals surface area contributed by atoms with Crippen LogP contribution in [0, 0.1) is 0 Å². The van der Waals surface area contributed by atoms with Gasteiger partial charge in [-0.05, 0) is 6.92 Å². The molecule has 0 spiro atoms. The Kier molecular flexibility index (Phi) is 3.65. The van der Waals surface area contributed by atoms with Crippen molar-refractivity contribution in [3.8, 4) is 0 Å². The van der Waals surface area contributed by atoms with Crippen molar-refractivity contribution in [1.29, 1.82) is 0 Å². The van der Waals surface area contributed by atoms with Crippen LogP contribution in [0.25, 0.3) is 0 Å². The fourth-order valence-electron chi connectivity index (χ4n) is 1.13. The summed E-state index contributed by atoms with van der Waals surface area (Å²) in [6, 6.07) is 0. The van der Waals surface area contributed by atoms with E-state index in [9.17, 15) is 4.79 Å². The second kappa shape index (κ2) is 4.54. The first kappa shape index (κ1) is 9.64. The van der Waals surface area contributed by atoms with Crippen LogP contribution in [0.3, 0.4) is 0 Å². The maximum atomic E-state index is 11.4. The van der Waals surface area contributed by atoms with Crippen LogP contribution < -0.4 is 5.32 Å². The van der Waals surface area contributed by atoms with Crippen LogP contribution in [0.4, 0.5) is 0 Å². The van der Waals surface area contributed by atoms with Gasteiger partial charge in [0.05, 0.1) is 6.61 Å². The fraction of sp³-hybridized carbons (Fsp3) is 0.875. The Bertz CT molecular complexity index is 154. The molecule has 0 aliphatic carbocycles. The first-order chi connectivity index (χ1) is 5.75. The van der Waals surface area contributed by atoms with Crippen LogP contribution in [-0.2, 0) is 14.3 Å². The zero-order chi connectivity index (χ0) is 8.97. The van der Waals surface area contributed by atoms with Gasteiger partial charge < -0.3 is 14.8 Å². The van der Waals surface area contributed by atoms with Gasteiger partial charge in [0, 0.05) is 20.2 Å². The second-order valence-corrected chi connectivity index (χ2v) is 2.84. The van der Waals surface area contributed by atoms with Gasteiger partial charge in [-0.3, -0.25) is 4.79 Å². The summed E-state index contributed by atoms with van der Waals surface area (Å²) in [5, 5.41) is 3.09. The van der Waals surface area contributed by atoms with Crippen molar-refractivity contribution in [3.63, 3.8) is 0 Å².